The van der Waals surface area contributed by atoms with Crippen LogP contribution < -0.4 is 10.6 Å². The van der Waals surface area contributed by atoms with E-state index in [1.54, 1.807) is 6.07 Å². The number of anilines is 2. The van der Waals surface area contributed by atoms with Crippen LogP contribution >= 0.6 is 0 Å². The van der Waals surface area contributed by atoms with Crippen LogP contribution in [0, 0.1) is 17.2 Å². The summed E-state index contributed by atoms with van der Waals surface area (Å²) in [6.07, 6.45) is -0.299. The first kappa shape index (κ1) is 22.9. The maximum Gasteiger partial charge on any atom is 0.391 e. The van der Waals surface area contributed by atoms with Crippen molar-refractivity contribution in [3.8, 4) is 17.3 Å². The Labute approximate surface area is 181 Å². The molecule has 168 valence electrons. The number of nitrogens with one attached hydrogen (secondary N) is 2. The third kappa shape index (κ3) is 5.90. The highest BCUT2D eigenvalue weighted by atomic mass is 19.4. The molecule has 0 radical (unpaired) electrons. The summed E-state index contributed by atoms with van der Waals surface area (Å²) in [6.45, 7) is 0. The maximum absolute atomic E-state index is 13.0. The van der Waals surface area contributed by atoms with E-state index >= 15 is 0 Å². The molecular weight excluding hydrogens is 427 g/mol. The van der Waals surface area contributed by atoms with E-state index in [9.17, 15) is 28.0 Å². The van der Waals surface area contributed by atoms with Crippen molar-refractivity contribution in [1.82, 2.24) is 19.9 Å². The largest absolute Gasteiger partial charge is 0.391 e. The number of hydrogen-bond donors (Lipinski definition) is 2. The number of aromatic nitrogens is 3. The molecule has 1 fully saturated rings. The van der Waals surface area contributed by atoms with E-state index < -0.39 is 24.5 Å². The summed E-state index contributed by atoms with van der Waals surface area (Å²) in [5.41, 5.74) is 0.471. The summed E-state index contributed by atoms with van der Waals surface area (Å²) in [7, 11) is 2.68. The summed E-state index contributed by atoms with van der Waals surface area (Å²) in [6, 6.07) is 1.54. The van der Waals surface area contributed by atoms with E-state index in [4.69, 9.17) is 0 Å². The molecule has 0 unspecified atom stereocenters. The Morgan fingerprint density at radius 2 is 1.94 bits per heavy atom. The molecule has 2 heterocycles. The molecule has 1 aliphatic rings. The van der Waals surface area contributed by atoms with Gasteiger partial charge in [0.25, 0.3) is 0 Å². The normalized spacial score (nSPS) is 14.2. The molecule has 32 heavy (non-hydrogen) atoms. The number of pyridine rings is 1. The third-order valence-corrected chi connectivity index (χ3v) is 4.64. The average molecular weight is 447 g/mol. The van der Waals surface area contributed by atoms with Crippen molar-refractivity contribution in [3.63, 3.8) is 0 Å². The van der Waals surface area contributed by atoms with Crippen molar-refractivity contribution in [2.24, 2.45) is 5.92 Å². The first-order chi connectivity index (χ1) is 15.1. The van der Waals surface area contributed by atoms with Crippen LogP contribution in [-0.4, -0.2) is 58.0 Å². The molecule has 2 aromatic rings. The van der Waals surface area contributed by atoms with Gasteiger partial charge in [-0.15, -0.1) is 0 Å². The monoisotopic (exact) mass is 447 g/mol. The lowest BCUT2D eigenvalue weighted by molar-refractivity contribution is -0.149. The van der Waals surface area contributed by atoms with E-state index in [0.29, 0.717) is 11.3 Å². The molecule has 2 amide bonds. The van der Waals surface area contributed by atoms with Crippen LogP contribution in [0.1, 0.15) is 25.0 Å². The SMILES string of the molecule is CN(C)C(=O)[C@H](CC(F)(F)F)Nc1cc(-c2cnc(NC(=O)C3CC3)cn2)cnc1C#N. The fraction of sp³-hybridized carbons (Fsp3) is 0.400. The Balaban J connectivity index is 1.84. The second kappa shape index (κ2) is 9.17. The number of nitrogens with zero attached hydrogens (tertiary/aromatic N) is 5. The van der Waals surface area contributed by atoms with Crippen molar-refractivity contribution in [2.45, 2.75) is 31.5 Å². The minimum atomic E-state index is -4.60. The minimum Gasteiger partial charge on any atom is -0.371 e. The van der Waals surface area contributed by atoms with E-state index in [1.165, 1.54) is 38.8 Å². The van der Waals surface area contributed by atoms with Crippen LogP contribution in [0.4, 0.5) is 24.7 Å². The molecule has 0 saturated heterocycles. The molecule has 9 nitrogen and oxygen atoms in total. The predicted octanol–water partition coefficient (Wildman–Crippen LogP) is 2.58. The molecule has 1 atom stereocenters. The summed E-state index contributed by atoms with van der Waals surface area (Å²) >= 11 is 0. The van der Waals surface area contributed by atoms with Gasteiger partial charge >= 0.3 is 6.18 Å². The Kier molecular flexibility index (Phi) is 6.57. The Morgan fingerprint density at radius 3 is 2.47 bits per heavy atom. The van der Waals surface area contributed by atoms with Gasteiger partial charge < -0.3 is 15.5 Å². The van der Waals surface area contributed by atoms with Gasteiger partial charge in [0, 0.05) is 31.8 Å². The molecule has 3 rings (SSSR count). The van der Waals surface area contributed by atoms with Crippen molar-refractivity contribution < 1.29 is 22.8 Å². The quantitative estimate of drug-likeness (QED) is 0.669. The lowest BCUT2D eigenvalue weighted by Crippen LogP contribution is -2.42. The zero-order valence-corrected chi connectivity index (χ0v) is 17.3. The van der Waals surface area contributed by atoms with Crippen LogP contribution in [0.15, 0.2) is 24.7 Å². The zero-order chi connectivity index (χ0) is 23.5. The number of hydrogen-bond acceptors (Lipinski definition) is 7. The number of nitriles is 1. The molecule has 2 aromatic heterocycles. The Hall–Kier alpha value is -3.75. The summed E-state index contributed by atoms with van der Waals surface area (Å²) in [4.78, 5) is 37.4. The highest BCUT2D eigenvalue weighted by Crippen LogP contribution is 2.30. The molecule has 0 spiro atoms. The molecule has 2 N–H and O–H groups in total. The summed E-state index contributed by atoms with van der Waals surface area (Å²) in [5.74, 6) is -0.651. The van der Waals surface area contributed by atoms with Crippen LogP contribution in [0.25, 0.3) is 11.3 Å². The van der Waals surface area contributed by atoms with Gasteiger partial charge in [-0.25, -0.2) is 9.97 Å². The lowest BCUT2D eigenvalue weighted by Gasteiger charge is -2.24. The number of alkyl halides is 3. The van der Waals surface area contributed by atoms with Gasteiger partial charge in [-0.3, -0.25) is 14.6 Å². The predicted molar refractivity (Wildman–Crippen MR) is 108 cm³/mol. The van der Waals surface area contributed by atoms with Gasteiger partial charge in [-0.05, 0) is 18.9 Å². The average Bonchev–Trinajstić information content (AvgIpc) is 3.57. The molecule has 0 bridgehead atoms. The van der Waals surface area contributed by atoms with Gasteiger partial charge in [0.1, 0.15) is 12.1 Å². The first-order valence-corrected chi connectivity index (χ1v) is 9.65. The Morgan fingerprint density at radius 1 is 1.22 bits per heavy atom. The fourth-order valence-electron chi connectivity index (χ4n) is 2.85. The maximum atomic E-state index is 13.0. The molecule has 0 aliphatic heterocycles. The van der Waals surface area contributed by atoms with Crippen LogP contribution in [-0.2, 0) is 9.59 Å². The molecule has 12 heteroatoms. The minimum absolute atomic E-state index is 0.00218. The van der Waals surface area contributed by atoms with E-state index in [0.717, 1.165) is 17.7 Å². The first-order valence-electron chi connectivity index (χ1n) is 9.65. The van der Waals surface area contributed by atoms with Crippen molar-refractivity contribution in [1.29, 1.82) is 5.26 Å². The van der Waals surface area contributed by atoms with E-state index in [-0.39, 0.29) is 29.0 Å². The van der Waals surface area contributed by atoms with Gasteiger partial charge in [-0.1, -0.05) is 0 Å². The van der Waals surface area contributed by atoms with Gasteiger partial charge in [0.2, 0.25) is 11.8 Å². The highest BCUT2D eigenvalue weighted by molar-refractivity contribution is 5.93. The number of rotatable bonds is 7. The lowest BCUT2D eigenvalue weighted by atomic mass is 10.1. The molecule has 1 saturated carbocycles. The van der Waals surface area contributed by atoms with E-state index in [2.05, 4.69) is 25.6 Å². The number of halogens is 3. The number of carbonyl (C=O) groups is 2. The van der Waals surface area contributed by atoms with Crippen LogP contribution in [0.2, 0.25) is 0 Å². The van der Waals surface area contributed by atoms with E-state index in [1.807, 2.05) is 0 Å². The van der Waals surface area contributed by atoms with Gasteiger partial charge in [-0.2, -0.15) is 18.4 Å². The van der Waals surface area contributed by atoms with Gasteiger partial charge in [0.05, 0.1) is 30.2 Å². The molecular formula is C20H20F3N7O2. The van der Waals surface area contributed by atoms with Crippen LogP contribution in [0.5, 0.6) is 0 Å². The number of carbonyl (C=O) groups excluding carboxylic acids is 2. The molecule has 1 aliphatic carbocycles. The standard InChI is InChI=1S/C20H20F3N7O2/c1-30(2)19(32)14(6-20(21,22)23)28-13-5-12(8-25-15(13)7-24)16-9-27-17(10-26-16)29-18(31)11-3-4-11/h5,8-11,14,28H,3-4,6H2,1-2H3,(H,27,29,31)/t14-/m0/s1. The topological polar surface area (TPSA) is 124 Å². The van der Waals surface area contributed by atoms with Crippen molar-refractivity contribution in [3.05, 3.63) is 30.4 Å². The smallest absolute Gasteiger partial charge is 0.371 e. The highest BCUT2D eigenvalue weighted by Gasteiger charge is 2.36. The fourth-order valence-corrected chi connectivity index (χ4v) is 2.85. The molecule has 0 aromatic carbocycles. The third-order valence-electron chi connectivity index (χ3n) is 4.64. The van der Waals surface area contributed by atoms with Gasteiger partial charge in [0.15, 0.2) is 11.5 Å². The second-order valence-corrected chi connectivity index (χ2v) is 7.53. The van der Waals surface area contributed by atoms with Crippen molar-refractivity contribution in [2.75, 3.05) is 24.7 Å². The van der Waals surface area contributed by atoms with Crippen molar-refractivity contribution >= 4 is 23.3 Å². The summed E-state index contributed by atoms with van der Waals surface area (Å²) < 4.78 is 39.0. The number of likely N-dealkylation sites (N-methyl/N-ethyl adjacent to an activating group) is 1. The summed E-state index contributed by atoms with van der Waals surface area (Å²) in [5, 5.41) is 14.5. The number of amides is 2. The second-order valence-electron chi connectivity index (χ2n) is 7.53. The Bertz CT molecular complexity index is 1040. The van der Waals surface area contributed by atoms with Crippen LogP contribution in [0.3, 0.4) is 0 Å². The zero-order valence-electron chi connectivity index (χ0n) is 17.3.